The first-order valence-electron chi connectivity index (χ1n) is 6.47. The average Bonchev–Trinajstić information content (AvgIpc) is 2.34. The van der Waals surface area contributed by atoms with Gasteiger partial charge in [-0.2, -0.15) is 0 Å². The minimum absolute atomic E-state index is 0.336. The molecule has 2 unspecified atom stereocenters. The molecule has 0 heterocycles. The van der Waals surface area contributed by atoms with Gasteiger partial charge in [-0.15, -0.1) is 0 Å². The molecule has 2 heteroatoms. The number of methoxy groups -OCH3 is 1. The molecule has 0 amide bonds. The predicted octanol–water partition coefficient (Wildman–Crippen LogP) is 3.19. The molecule has 17 heavy (non-hydrogen) atoms. The van der Waals surface area contributed by atoms with Crippen LogP contribution in [-0.4, -0.2) is 19.7 Å². The van der Waals surface area contributed by atoms with E-state index < -0.39 is 0 Å². The van der Waals surface area contributed by atoms with Crippen molar-refractivity contribution in [3.05, 3.63) is 29.8 Å². The fourth-order valence-corrected chi connectivity index (χ4v) is 2.94. The van der Waals surface area contributed by atoms with Crippen molar-refractivity contribution in [3.8, 4) is 5.75 Å². The topological polar surface area (TPSA) is 21.3 Å². The van der Waals surface area contributed by atoms with E-state index in [2.05, 4.69) is 44.3 Å². The summed E-state index contributed by atoms with van der Waals surface area (Å²) in [7, 11) is 1.73. The molecule has 1 saturated carbocycles. The first kappa shape index (κ1) is 12.4. The first-order chi connectivity index (χ1) is 8.09. The third kappa shape index (κ3) is 2.19. The Kier molecular flexibility index (Phi) is 3.43. The Morgan fingerprint density at radius 1 is 1.41 bits per heavy atom. The summed E-state index contributed by atoms with van der Waals surface area (Å²) in [5, 5.41) is 3.57. The van der Waals surface area contributed by atoms with E-state index in [-0.39, 0.29) is 0 Å². The summed E-state index contributed by atoms with van der Waals surface area (Å²) in [5.41, 5.74) is 1.74. The van der Waals surface area contributed by atoms with Crippen molar-refractivity contribution in [2.24, 2.45) is 5.41 Å². The van der Waals surface area contributed by atoms with Gasteiger partial charge >= 0.3 is 0 Å². The van der Waals surface area contributed by atoms with E-state index >= 15 is 0 Å². The van der Waals surface area contributed by atoms with E-state index in [0.29, 0.717) is 17.4 Å². The number of nitrogens with one attached hydrogen (secondary N) is 1. The number of hydrogen-bond donors (Lipinski definition) is 1. The van der Waals surface area contributed by atoms with Crippen LogP contribution in [-0.2, 0) is 0 Å². The maximum Gasteiger partial charge on any atom is 0.119 e. The van der Waals surface area contributed by atoms with Crippen LogP contribution in [0, 0.1) is 5.41 Å². The summed E-state index contributed by atoms with van der Waals surface area (Å²) in [5.74, 6) is 1.60. The molecule has 0 spiro atoms. The lowest BCUT2D eigenvalue weighted by Crippen LogP contribution is -2.55. The molecule has 0 radical (unpaired) electrons. The second kappa shape index (κ2) is 4.69. The lowest BCUT2D eigenvalue weighted by Gasteiger charge is -2.53. The van der Waals surface area contributed by atoms with Crippen molar-refractivity contribution in [2.45, 2.75) is 39.2 Å². The average molecular weight is 233 g/mol. The maximum atomic E-state index is 5.30. The Hall–Kier alpha value is -1.02. The molecule has 0 aliphatic heterocycles. The van der Waals surface area contributed by atoms with E-state index in [1.165, 1.54) is 12.0 Å². The number of hydrogen-bond acceptors (Lipinski definition) is 2. The minimum Gasteiger partial charge on any atom is -0.497 e. The normalized spacial score (nSPS) is 26.4. The summed E-state index contributed by atoms with van der Waals surface area (Å²) < 4.78 is 5.30. The molecule has 94 valence electrons. The van der Waals surface area contributed by atoms with Gasteiger partial charge in [0.05, 0.1) is 7.11 Å². The van der Waals surface area contributed by atoms with E-state index in [0.717, 1.165) is 12.3 Å². The number of benzene rings is 1. The highest BCUT2D eigenvalue weighted by atomic mass is 16.5. The predicted molar refractivity (Wildman–Crippen MR) is 71.6 cm³/mol. The lowest BCUT2D eigenvalue weighted by atomic mass is 9.56. The number of ether oxygens (including phenoxy) is 1. The Bertz CT molecular complexity index is 386. The van der Waals surface area contributed by atoms with E-state index in [1.54, 1.807) is 7.11 Å². The van der Waals surface area contributed by atoms with Crippen LogP contribution in [0.15, 0.2) is 24.3 Å². The van der Waals surface area contributed by atoms with Gasteiger partial charge in [0.1, 0.15) is 5.75 Å². The third-order valence-corrected chi connectivity index (χ3v) is 4.21. The summed E-state index contributed by atoms with van der Waals surface area (Å²) >= 11 is 0. The molecule has 0 bridgehead atoms. The molecule has 0 saturated heterocycles. The Balaban J connectivity index is 2.14. The van der Waals surface area contributed by atoms with Crippen molar-refractivity contribution < 1.29 is 4.74 Å². The lowest BCUT2D eigenvalue weighted by molar-refractivity contribution is 0.0705. The summed E-state index contributed by atoms with van der Waals surface area (Å²) in [6.45, 7) is 7.94. The Labute approximate surface area is 104 Å². The Morgan fingerprint density at radius 2 is 2.18 bits per heavy atom. The molecular weight excluding hydrogens is 210 g/mol. The largest absolute Gasteiger partial charge is 0.497 e. The van der Waals surface area contributed by atoms with Gasteiger partial charge in [0.15, 0.2) is 0 Å². The molecular formula is C15H23NO. The maximum absolute atomic E-state index is 5.30. The highest BCUT2D eigenvalue weighted by molar-refractivity contribution is 5.34. The smallest absolute Gasteiger partial charge is 0.119 e. The molecule has 2 rings (SSSR count). The van der Waals surface area contributed by atoms with E-state index in [1.807, 2.05) is 6.07 Å². The molecule has 2 nitrogen and oxygen atoms in total. The fraction of sp³-hybridized carbons (Fsp3) is 0.600. The zero-order valence-corrected chi connectivity index (χ0v) is 11.3. The highest BCUT2D eigenvalue weighted by Gasteiger charge is 2.48. The zero-order valence-electron chi connectivity index (χ0n) is 11.3. The van der Waals surface area contributed by atoms with Gasteiger partial charge in [-0.05, 0) is 42.0 Å². The zero-order chi connectivity index (χ0) is 12.5. The molecule has 1 aromatic carbocycles. The van der Waals surface area contributed by atoms with Crippen LogP contribution in [0.4, 0.5) is 0 Å². The summed E-state index contributed by atoms with van der Waals surface area (Å²) in [6.07, 6.45) is 1.23. The van der Waals surface area contributed by atoms with Crippen LogP contribution in [0.2, 0.25) is 0 Å². The van der Waals surface area contributed by atoms with Crippen LogP contribution in [0.5, 0.6) is 5.75 Å². The summed E-state index contributed by atoms with van der Waals surface area (Å²) in [6, 6.07) is 9.14. The second-order valence-corrected chi connectivity index (χ2v) is 5.50. The van der Waals surface area contributed by atoms with Crippen LogP contribution in [0.1, 0.15) is 38.7 Å². The molecule has 0 aromatic heterocycles. The Morgan fingerprint density at radius 3 is 2.76 bits per heavy atom. The quantitative estimate of drug-likeness (QED) is 0.862. The monoisotopic (exact) mass is 233 g/mol. The second-order valence-electron chi connectivity index (χ2n) is 5.50. The van der Waals surface area contributed by atoms with Gasteiger partial charge in [0, 0.05) is 6.04 Å². The molecule has 1 N–H and O–H groups in total. The van der Waals surface area contributed by atoms with Crippen molar-refractivity contribution in [1.29, 1.82) is 0 Å². The van der Waals surface area contributed by atoms with Crippen LogP contribution in [0.25, 0.3) is 0 Å². The van der Waals surface area contributed by atoms with E-state index in [9.17, 15) is 0 Å². The van der Waals surface area contributed by atoms with Crippen molar-refractivity contribution >= 4 is 0 Å². The molecule has 1 aliphatic rings. The molecule has 1 fully saturated rings. The van der Waals surface area contributed by atoms with Crippen LogP contribution < -0.4 is 10.1 Å². The first-order valence-corrected chi connectivity index (χ1v) is 6.47. The van der Waals surface area contributed by atoms with Gasteiger partial charge < -0.3 is 10.1 Å². The van der Waals surface area contributed by atoms with Crippen molar-refractivity contribution in [1.82, 2.24) is 5.32 Å². The van der Waals surface area contributed by atoms with Crippen molar-refractivity contribution in [3.63, 3.8) is 0 Å². The molecule has 1 aliphatic carbocycles. The number of rotatable bonds is 4. The van der Waals surface area contributed by atoms with Gasteiger partial charge in [-0.1, -0.05) is 32.9 Å². The minimum atomic E-state index is 0.336. The SMILES string of the molecule is CCNC1CC(c2cccc(OC)c2)C1(C)C. The standard InChI is InChI=1S/C15H23NO/c1-5-16-14-10-13(15(14,2)3)11-7-6-8-12(9-11)17-4/h6-9,13-14,16H,5,10H2,1-4H3. The van der Waals surface area contributed by atoms with Gasteiger partial charge in [0.25, 0.3) is 0 Å². The van der Waals surface area contributed by atoms with Crippen molar-refractivity contribution in [2.75, 3.05) is 13.7 Å². The van der Waals surface area contributed by atoms with Gasteiger partial charge in [0.2, 0.25) is 0 Å². The molecule has 2 atom stereocenters. The van der Waals surface area contributed by atoms with Gasteiger partial charge in [-0.3, -0.25) is 0 Å². The highest BCUT2D eigenvalue weighted by Crippen LogP contribution is 2.52. The summed E-state index contributed by atoms with van der Waals surface area (Å²) in [4.78, 5) is 0. The van der Waals surface area contributed by atoms with E-state index in [4.69, 9.17) is 4.74 Å². The van der Waals surface area contributed by atoms with Gasteiger partial charge in [-0.25, -0.2) is 0 Å². The van der Waals surface area contributed by atoms with Crippen LogP contribution in [0.3, 0.4) is 0 Å². The van der Waals surface area contributed by atoms with Crippen LogP contribution >= 0.6 is 0 Å². The third-order valence-electron chi connectivity index (χ3n) is 4.21. The fourth-order valence-electron chi connectivity index (χ4n) is 2.94. The molecule has 1 aromatic rings.